The van der Waals surface area contributed by atoms with Crippen molar-refractivity contribution in [2.24, 2.45) is 5.14 Å². The van der Waals surface area contributed by atoms with E-state index in [1.54, 1.807) is 0 Å². The number of rotatable bonds is 8. The Hall–Kier alpha value is -1.07. The van der Waals surface area contributed by atoms with Gasteiger partial charge in [0.1, 0.15) is 5.75 Å². The van der Waals surface area contributed by atoms with Gasteiger partial charge in [0.05, 0.1) is 12.4 Å². The zero-order valence-corrected chi connectivity index (χ0v) is 11.6. The molecule has 0 aliphatic heterocycles. The number of primary sulfonamides is 1. The fourth-order valence-electron chi connectivity index (χ4n) is 1.70. The maximum absolute atomic E-state index is 10.7. The van der Waals surface area contributed by atoms with Crippen LogP contribution in [0.15, 0.2) is 24.3 Å². The number of hydrogen-bond acceptors (Lipinski definition) is 3. The summed E-state index contributed by atoms with van der Waals surface area (Å²) in [5.74, 6) is 0.977. The smallest absolute Gasteiger partial charge is 0.209 e. The standard InChI is InChI=1S/C13H21NO3S/c1-2-12-8-4-5-9-13(12)17-10-6-3-7-11-18(14,15)16/h4-5,8-9H,2-3,6-7,10-11H2,1H3,(H2,14,15,16). The van der Waals surface area contributed by atoms with Crippen LogP contribution in [0.5, 0.6) is 5.75 Å². The van der Waals surface area contributed by atoms with Crippen molar-refractivity contribution < 1.29 is 13.2 Å². The summed E-state index contributed by atoms with van der Waals surface area (Å²) in [5.41, 5.74) is 1.20. The van der Waals surface area contributed by atoms with Crippen molar-refractivity contribution in [3.63, 3.8) is 0 Å². The van der Waals surface area contributed by atoms with Gasteiger partial charge in [0.25, 0.3) is 0 Å². The molecular weight excluding hydrogens is 250 g/mol. The molecule has 102 valence electrons. The molecule has 18 heavy (non-hydrogen) atoms. The summed E-state index contributed by atoms with van der Waals surface area (Å²) < 4.78 is 27.1. The third kappa shape index (κ3) is 6.02. The van der Waals surface area contributed by atoms with E-state index in [9.17, 15) is 8.42 Å². The van der Waals surface area contributed by atoms with Crippen LogP contribution >= 0.6 is 0 Å². The van der Waals surface area contributed by atoms with Gasteiger partial charge < -0.3 is 4.74 Å². The van der Waals surface area contributed by atoms with Crippen LogP contribution in [0.25, 0.3) is 0 Å². The van der Waals surface area contributed by atoms with Crippen LogP contribution in [-0.2, 0) is 16.4 Å². The first-order chi connectivity index (χ1) is 8.53. The molecule has 0 saturated carbocycles. The lowest BCUT2D eigenvalue weighted by Crippen LogP contribution is -2.16. The SMILES string of the molecule is CCc1ccccc1OCCCCCS(N)(=O)=O. The Morgan fingerprint density at radius 3 is 2.56 bits per heavy atom. The van der Waals surface area contributed by atoms with Gasteiger partial charge in [-0.25, -0.2) is 13.6 Å². The Kier molecular flexibility index (Phi) is 6.15. The lowest BCUT2D eigenvalue weighted by molar-refractivity contribution is 0.303. The van der Waals surface area contributed by atoms with Gasteiger partial charge in [0, 0.05) is 0 Å². The van der Waals surface area contributed by atoms with E-state index >= 15 is 0 Å². The average Bonchev–Trinajstić information content (AvgIpc) is 2.32. The summed E-state index contributed by atoms with van der Waals surface area (Å²) in [6.45, 7) is 2.70. The number of unbranched alkanes of at least 4 members (excludes halogenated alkanes) is 2. The van der Waals surface area contributed by atoms with Crippen molar-refractivity contribution in [1.29, 1.82) is 0 Å². The van der Waals surface area contributed by atoms with Crippen LogP contribution in [-0.4, -0.2) is 20.8 Å². The van der Waals surface area contributed by atoms with Crippen molar-refractivity contribution in [2.75, 3.05) is 12.4 Å². The number of nitrogens with two attached hydrogens (primary N) is 1. The van der Waals surface area contributed by atoms with Gasteiger partial charge in [0.15, 0.2) is 0 Å². The monoisotopic (exact) mass is 271 g/mol. The highest BCUT2D eigenvalue weighted by molar-refractivity contribution is 7.89. The van der Waals surface area contributed by atoms with E-state index < -0.39 is 10.0 Å². The highest BCUT2D eigenvalue weighted by Gasteiger charge is 2.03. The lowest BCUT2D eigenvalue weighted by Gasteiger charge is -2.09. The van der Waals surface area contributed by atoms with Crippen molar-refractivity contribution >= 4 is 10.0 Å². The van der Waals surface area contributed by atoms with E-state index in [1.807, 2.05) is 18.2 Å². The molecule has 0 bridgehead atoms. The van der Waals surface area contributed by atoms with Gasteiger partial charge in [-0.05, 0) is 37.3 Å². The molecule has 0 saturated heterocycles. The topological polar surface area (TPSA) is 69.4 Å². The molecule has 0 fully saturated rings. The summed E-state index contributed by atoms with van der Waals surface area (Å²) >= 11 is 0. The van der Waals surface area contributed by atoms with Crippen molar-refractivity contribution in [3.8, 4) is 5.75 Å². The third-order valence-electron chi connectivity index (χ3n) is 2.68. The van der Waals surface area contributed by atoms with Gasteiger partial charge >= 0.3 is 0 Å². The molecule has 0 aliphatic carbocycles. The molecule has 0 radical (unpaired) electrons. The van der Waals surface area contributed by atoms with E-state index in [4.69, 9.17) is 9.88 Å². The van der Waals surface area contributed by atoms with Crippen molar-refractivity contribution in [2.45, 2.75) is 32.6 Å². The predicted molar refractivity (Wildman–Crippen MR) is 73.1 cm³/mol. The molecule has 5 heteroatoms. The first-order valence-electron chi connectivity index (χ1n) is 6.24. The maximum Gasteiger partial charge on any atom is 0.209 e. The summed E-state index contributed by atoms with van der Waals surface area (Å²) in [7, 11) is -3.31. The Labute approximate surface area is 109 Å². The van der Waals surface area contributed by atoms with E-state index in [0.717, 1.165) is 25.0 Å². The minimum absolute atomic E-state index is 0.0541. The zero-order valence-electron chi connectivity index (χ0n) is 10.8. The molecule has 0 spiro atoms. The second kappa shape index (κ2) is 7.38. The van der Waals surface area contributed by atoms with Crippen LogP contribution < -0.4 is 9.88 Å². The van der Waals surface area contributed by atoms with Gasteiger partial charge in [0.2, 0.25) is 10.0 Å². The van der Waals surface area contributed by atoms with Crippen molar-refractivity contribution in [3.05, 3.63) is 29.8 Å². The highest BCUT2D eigenvalue weighted by Crippen LogP contribution is 2.18. The summed E-state index contributed by atoms with van der Waals surface area (Å²) in [4.78, 5) is 0. The Morgan fingerprint density at radius 2 is 1.89 bits per heavy atom. The number of aryl methyl sites for hydroxylation is 1. The van der Waals surface area contributed by atoms with Gasteiger partial charge in [-0.3, -0.25) is 0 Å². The minimum Gasteiger partial charge on any atom is -0.493 e. The van der Waals surface area contributed by atoms with E-state index in [-0.39, 0.29) is 5.75 Å². The quantitative estimate of drug-likeness (QED) is 0.736. The Bertz CT molecular complexity index is 457. The van der Waals surface area contributed by atoms with E-state index in [0.29, 0.717) is 13.0 Å². The number of ether oxygens (including phenoxy) is 1. The number of sulfonamides is 1. The first kappa shape index (κ1) is 15.0. The second-order valence-electron chi connectivity index (χ2n) is 4.24. The van der Waals surface area contributed by atoms with Crippen LogP contribution in [0, 0.1) is 0 Å². The Balaban J connectivity index is 2.22. The van der Waals surface area contributed by atoms with E-state index in [2.05, 4.69) is 13.0 Å². The van der Waals surface area contributed by atoms with Crippen LogP contribution in [0.4, 0.5) is 0 Å². The molecule has 0 aliphatic rings. The van der Waals surface area contributed by atoms with Crippen LogP contribution in [0.3, 0.4) is 0 Å². The second-order valence-corrected chi connectivity index (χ2v) is 5.97. The molecule has 4 nitrogen and oxygen atoms in total. The molecule has 1 rings (SSSR count). The summed E-state index contributed by atoms with van der Waals surface area (Å²) in [5, 5.41) is 4.92. The molecule has 0 atom stereocenters. The fraction of sp³-hybridized carbons (Fsp3) is 0.538. The molecule has 0 unspecified atom stereocenters. The highest BCUT2D eigenvalue weighted by atomic mass is 32.2. The number of benzene rings is 1. The predicted octanol–water partition coefficient (Wildman–Crippen LogP) is 2.09. The molecule has 1 aromatic carbocycles. The van der Waals surface area contributed by atoms with Crippen LogP contribution in [0.2, 0.25) is 0 Å². The average molecular weight is 271 g/mol. The van der Waals surface area contributed by atoms with Gasteiger partial charge in [-0.1, -0.05) is 25.1 Å². The fourth-order valence-corrected chi connectivity index (χ4v) is 2.31. The lowest BCUT2D eigenvalue weighted by atomic mass is 10.1. The third-order valence-corrected chi connectivity index (χ3v) is 3.54. The molecule has 0 amide bonds. The normalized spacial score (nSPS) is 11.4. The number of para-hydroxylation sites is 1. The Morgan fingerprint density at radius 1 is 1.17 bits per heavy atom. The maximum atomic E-state index is 10.7. The molecule has 2 N–H and O–H groups in total. The van der Waals surface area contributed by atoms with Gasteiger partial charge in [-0.15, -0.1) is 0 Å². The first-order valence-corrected chi connectivity index (χ1v) is 7.95. The molecule has 0 heterocycles. The van der Waals surface area contributed by atoms with Gasteiger partial charge in [-0.2, -0.15) is 0 Å². The summed E-state index contributed by atoms with van der Waals surface area (Å²) in [6.07, 6.45) is 3.19. The largest absolute Gasteiger partial charge is 0.493 e. The zero-order chi connectivity index (χ0) is 13.4. The van der Waals surface area contributed by atoms with Crippen molar-refractivity contribution in [1.82, 2.24) is 0 Å². The van der Waals surface area contributed by atoms with Crippen LogP contribution in [0.1, 0.15) is 31.7 Å². The molecule has 1 aromatic rings. The summed E-state index contributed by atoms with van der Waals surface area (Å²) in [6, 6.07) is 7.97. The van der Waals surface area contributed by atoms with E-state index in [1.165, 1.54) is 5.56 Å². The molecular formula is C13H21NO3S. The number of hydrogen-bond donors (Lipinski definition) is 1. The minimum atomic E-state index is -3.31. The molecule has 0 aromatic heterocycles.